The van der Waals surface area contributed by atoms with Crippen molar-refractivity contribution in [1.82, 2.24) is 20.2 Å². The number of H-pyrrole nitrogens is 1. The third-order valence-corrected chi connectivity index (χ3v) is 2.64. The summed E-state index contributed by atoms with van der Waals surface area (Å²) >= 11 is 0. The Morgan fingerprint density at radius 3 is 2.95 bits per heavy atom. The third-order valence-electron chi connectivity index (χ3n) is 2.64. The Balaban J connectivity index is 1.75. The highest BCUT2D eigenvalue weighted by Crippen LogP contribution is 2.16. The minimum absolute atomic E-state index is 0.182. The van der Waals surface area contributed by atoms with Gasteiger partial charge in [0.05, 0.1) is 11.8 Å². The monoisotopic (exact) mass is 269 g/mol. The number of carbonyl (C=O) groups is 1. The fourth-order valence-electron chi connectivity index (χ4n) is 1.62. The number of amides is 1. The van der Waals surface area contributed by atoms with Crippen molar-refractivity contribution in [3.8, 4) is 11.6 Å². The lowest BCUT2D eigenvalue weighted by Gasteiger charge is -2.00. The number of anilines is 1. The summed E-state index contributed by atoms with van der Waals surface area (Å²) in [6.07, 6.45) is 3.04. The molecule has 0 radical (unpaired) electrons. The molecule has 0 bridgehead atoms. The molecule has 2 N–H and O–H groups in total. The van der Waals surface area contributed by atoms with Crippen LogP contribution in [0.25, 0.3) is 11.6 Å². The summed E-state index contributed by atoms with van der Waals surface area (Å²) in [6, 6.07) is 6.95. The summed E-state index contributed by atoms with van der Waals surface area (Å²) in [6.45, 7) is 1.85. The van der Waals surface area contributed by atoms with Gasteiger partial charge in [0.25, 0.3) is 5.91 Å². The highest BCUT2D eigenvalue weighted by molar-refractivity contribution is 6.03. The van der Waals surface area contributed by atoms with Crippen molar-refractivity contribution < 1.29 is 9.21 Å². The fourth-order valence-corrected chi connectivity index (χ4v) is 1.62. The van der Waals surface area contributed by atoms with Crippen LogP contribution in [0.4, 0.5) is 5.95 Å². The van der Waals surface area contributed by atoms with E-state index < -0.39 is 0 Å². The predicted molar refractivity (Wildman–Crippen MR) is 71.0 cm³/mol. The number of nitrogens with zero attached hydrogens (tertiary/aromatic N) is 3. The zero-order valence-corrected chi connectivity index (χ0v) is 10.6. The molecule has 0 aliphatic carbocycles. The number of furan rings is 1. The number of aromatic amines is 1. The molecule has 100 valence electrons. The standard InChI is InChI=1S/C13H11N5O2/c1-8-4-5-9(7-14-8)12(19)16-13-15-11(17-18-13)10-3-2-6-20-10/h2-7H,1H3,(H2,15,16,17,18,19). The molecule has 7 nitrogen and oxygen atoms in total. The average Bonchev–Trinajstić information content (AvgIpc) is 3.09. The normalized spacial score (nSPS) is 10.4. The molecule has 0 saturated carbocycles. The van der Waals surface area contributed by atoms with E-state index in [2.05, 4.69) is 25.5 Å². The van der Waals surface area contributed by atoms with Gasteiger partial charge in [-0.1, -0.05) is 0 Å². The molecular formula is C13H11N5O2. The van der Waals surface area contributed by atoms with Gasteiger partial charge < -0.3 is 4.42 Å². The number of rotatable bonds is 3. The first-order chi connectivity index (χ1) is 9.72. The van der Waals surface area contributed by atoms with Gasteiger partial charge in [-0.05, 0) is 31.2 Å². The van der Waals surface area contributed by atoms with Crippen LogP contribution in [-0.4, -0.2) is 26.1 Å². The maximum Gasteiger partial charge on any atom is 0.259 e. The average molecular weight is 269 g/mol. The van der Waals surface area contributed by atoms with Gasteiger partial charge in [-0.15, -0.1) is 5.10 Å². The van der Waals surface area contributed by atoms with E-state index >= 15 is 0 Å². The molecule has 0 spiro atoms. The van der Waals surface area contributed by atoms with Gasteiger partial charge in [0.2, 0.25) is 5.95 Å². The molecule has 0 fully saturated rings. The topological polar surface area (TPSA) is 96.7 Å². The Kier molecular flexibility index (Phi) is 3.00. The van der Waals surface area contributed by atoms with Gasteiger partial charge in [0.15, 0.2) is 11.6 Å². The van der Waals surface area contributed by atoms with Crippen molar-refractivity contribution in [2.75, 3.05) is 5.32 Å². The van der Waals surface area contributed by atoms with Crippen molar-refractivity contribution >= 4 is 11.9 Å². The SMILES string of the molecule is Cc1ccc(C(=O)Nc2n[nH]c(-c3ccco3)n2)cn1. The van der Waals surface area contributed by atoms with Crippen molar-refractivity contribution in [2.24, 2.45) is 0 Å². The molecule has 20 heavy (non-hydrogen) atoms. The molecule has 0 saturated heterocycles. The molecule has 0 unspecified atom stereocenters. The molecule has 3 rings (SSSR count). The van der Waals surface area contributed by atoms with E-state index in [0.29, 0.717) is 17.1 Å². The zero-order valence-electron chi connectivity index (χ0n) is 10.6. The van der Waals surface area contributed by atoms with Crippen LogP contribution in [0.5, 0.6) is 0 Å². The maximum atomic E-state index is 12.0. The third kappa shape index (κ3) is 2.41. The summed E-state index contributed by atoms with van der Waals surface area (Å²) in [7, 11) is 0. The van der Waals surface area contributed by atoms with Gasteiger partial charge in [-0.25, -0.2) is 0 Å². The lowest BCUT2D eigenvalue weighted by molar-refractivity contribution is 0.102. The number of nitrogens with one attached hydrogen (secondary N) is 2. The van der Waals surface area contributed by atoms with Crippen LogP contribution in [0, 0.1) is 6.92 Å². The molecular weight excluding hydrogens is 258 g/mol. The van der Waals surface area contributed by atoms with Crippen LogP contribution in [0.15, 0.2) is 41.1 Å². The maximum absolute atomic E-state index is 12.0. The second kappa shape index (κ2) is 4.96. The van der Waals surface area contributed by atoms with Crippen LogP contribution >= 0.6 is 0 Å². The van der Waals surface area contributed by atoms with Crippen LogP contribution < -0.4 is 5.32 Å². The van der Waals surface area contributed by atoms with Crippen LogP contribution in [-0.2, 0) is 0 Å². The highest BCUT2D eigenvalue weighted by atomic mass is 16.3. The molecule has 0 aliphatic heterocycles. The number of pyridine rings is 1. The molecule has 0 aliphatic rings. The van der Waals surface area contributed by atoms with E-state index in [9.17, 15) is 4.79 Å². The van der Waals surface area contributed by atoms with Gasteiger partial charge >= 0.3 is 0 Å². The molecule has 3 aromatic heterocycles. The number of hydrogen-bond donors (Lipinski definition) is 2. The van der Waals surface area contributed by atoms with E-state index in [4.69, 9.17) is 4.42 Å². The Bertz CT molecular complexity index is 716. The number of hydrogen-bond acceptors (Lipinski definition) is 5. The van der Waals surface area contributed by atoms with Crippen LogP contribution in [0.3, 0.4) is 0 Å². The molecule has 7 heteroatoms. The van der Waals surface area contributed by atoms with E-state index in [0.717, 1.165) is 5.69 Å². The molecule has 0 atom stereocenters. The minimum Gasteiger partial charge on any atom is -0.461 e. The van der Waals surface area contributed by atoms with E-state index in [1.165, 1.54) is 12.5 Å². The Morgan fingerprint density at radius 1 is 1.35 bits per heavy atom. The van der Waals surface area contributed by atoms with Gasteiger partial charge in [0.1, 0.15) is 0 Å². The molecule has 0 aromatic carbocycles. The van der Waals surface area contributed by atoms with Gasteiger partial charge in [-0.2, -0.15) is 4.98 Å². The summed E-state index contributed by atoms with van der Waals surface area (Å²) in [5, 5.41) is 9.18. The first kappa shape index (κ1) is 12.1. The quantitative estimate of drug-likeness (QED) is 0.758. The van der Waals surface area contributed by atoms with Crippen molar-refractivity contribution in [2.45, 2.75) is 6.92 Å². The van der Waals surface area contributed by atoms with Crippen molar-refractivity contribution in [3.63, 3.8) is 0 Å². The van der Waals surface area contributed by atoms with Gasteiger partial charge in [0, 0.05) is 11.9 Å². The summed E-state index contributed by atoms with van der Waals surface area (Å²) in [5.41, 5.74) is 1.29. The fraction of sp³-hybridized carbons (Fsp3) is 0.0769. The lowest BCUT2D eigenvalue weighted by atomic mass is 10.2. The van der Waals surface area contributed by atoms with Crippen LogP contribution in [0.2, 0.25) is 0 Å². The smallest absolute Gasteiger partial charge is 0.259 e. The number of aromatic nitrogens is 4. The summed E-state index contributed by atoms with van der Waals surface area (Å²) in [4.78, 5) is 20.1. The molecule has 3 aromatic rings. The van der Waals surface area contributed by atoms with E-state index in [1.54, 1.807) is 24.3 Å². The van der Waals surface area contributed by atoms with E-state index in [-0.39, 0.29) is 11.9 Å². The van der Waals surface area contributed by atoms with Crippen LogP contribution in [0.1, 0.15) is 16.1 Å². The van der Waals surface area contributed by atoms with E-state index in [1.807, 2.05) is 6.92 Å². The highest BCUT2D eigenvalue weighted by Gasteiger charge is 2.12. The predicted octanol–water partition coefficient (Wildman–Crippen LogP) is 2.02. The second-order valence-corrected chi connectivity index (χ2v) is 4.13. The van der Waals surface area contributed by atoms with Crippen molar-refractivity contribution in [3.05, 3.63) is 48.0 Å². The number of aryl methyl sites for hydroxylation is 1. The second-order valence-electron chi connectivity index (χ2n) is 4.13. The molecule has 3 heterocycles. The summed E-state index contributed by atoms with van der Waals surface area (Å²) < 4.78 is 5.18. The van der Waals surface area contributed by atoms with Crippen molar-refractivity contribution in [1.29, 1.82) is 0 Å². The molecule has 1 amide bonds. The van der Waals surface area contributed by atoms with Gasteiger partial charge in [-0.3, -0.25) is 20.2 Å². The first-order valence-electron chi connectivity index (χ1n) is 5.92. The Labute approximate surface area is 114 Å². The summed E-state index contributed by atoms with van der Waals surface area (Å²) in [5.74, 6) is 0.867. The lowest BCUT2D eigenvalue weighted by Crippen LogP contribution is -2.13. The largest absolute Gasteiger partial charge is 0.461 e. The Morgan fingerprint density at radius 2 is 2.25 bits per heavy atom. The zero-order chi connectivity index (χ0) is 13.9. The minimum atomic E-state index is -0.317. The first-order valence-corrected chi connectivity index (χ1v) is 5.92. The number of carbonyl (C=O) groups excluding carboxylic acids is 1. The Hall–Kier alpha value is -2.96.